The van der Waals surface area contributed by atoms with Gasteiger partial charge in [-0.1, -0.05) is 13.3 Å². The van der Waals surface area contributed by atoms with E-state index in [9.17, 15) is 0 Å². The van der Waals surface area contributed by atoms with Gasteiger partial charge in [0.2, 0.25) is 0 Å². The molecule has 3 atom stereocenters. The van der Waals surface area contributed by atoms with Crippen LogP contribution in [0.1, 0.15) is 52.4 Å². The van der Waals surface area contributed by atoms with Gasteiger partial charge in [-0.3, -0.25) is 4.90 Å². The molecule has 3 unspecified atom stereocenters. The highest BCUT2D eigenvalue weighted by Crippen LogP contribution is 2.18. The zero-order chi connectivity index (χ0) is 12.8. The molecule has 2 aliphatic rings. The molecule has 0 aromatic rings. The van der Waals surface area contributed by atoms with Crippen molar-refractivity contribution in [1.29, 1.82) is 0 Å². The van der Waals surface area contributed by atoms with Crippen LogP contribution < -0.4 is 5.32 Å². The molecular formula is C15H30N2O. The average Bonchev–Trinajstić information content (AvgIpc) is 2.90. The van der Waals surface area contributed by atoms with Crippen molar-refractivity contribution in [1.82, 2.24) is 10.2 Å². The first-order valence-corrected chi connectivity index (χ1v) is 7.88. The molecule has 0 aliphatic carbocycles. The molecule has 1 N–H and O–H groups in total. The van der Waals surface area contributed by atoms with Crippen LogP contribution in [0.25, 0.3) is 0 Å². The van der Waals surface area contributed by atoms with E-state index in [1.165, 1.54) is 45.1 Å². The largest absolute Gasteiger partial charge is 0.377 e. The second kappa shape index (κ2) is 7.46. The van der Waals surface area contributed by atoms with Crippen LogP contribution in [0.3, 0.4) is 0 Å². The molecule has 3 nitrogen and oxygen atoms in total. The van der Waals surface area contributed by atoms with Gasteiger partial charge in [-0.2, -0.15) is 0 Å². The van der Waals surface area contributed by atoms with E-state index in [1.54, 1.807) is 0 Å². The highest BCUT2D eigenvalue weighted by molar-refractivity contribution is 4.80. The molecule has 0 amide bonds. The van der Waals surface area contributed by atoms with Gasteiger partial charge in [0.15, 0.2) is 0 Å². The lowest BCUT2D eigenvalue weighted by atomic mass is 9.98. The Balaban J connectivity index is 1.74. The van der Waals surface area contributed by atoms with Gasteiger partial charge in [-0.05, 0) is 52.1 Å². The van der Waals surface area contributed by atoms with E-state index in [2.05, 4.69) is 24.1 Å². The second-order valence-corrected chi connectivity index (χ2v) is 5.95. The Morgan fingerprint density at radius 3 is 2.78 bits per heavy atom. The van der Waals surface area contributed by atoms with Gasteiger partial charge in [-0.15, -0.1) is 0 Å². The summed E-state index contributed by atoms with van der Waals surface area (Å²) >= 11 is 0. The Morgan fingerprint density at radius 2 is 2.17 bits per heavy atom. The third-order valence-electron chi connectivity index (χ3n) is 4.53. The van der Waals surface area contributed by atoms with Crippen LogP contribution in [-0.4, -0.2) is 49.3 Å². The zero-order valence-electron chi connectivity index (χ0n) is 12.2. The van der Waals surface area contributed by atoms with Gasteiger partial charge in [-0.25, -0.2) is 0 Å². The number of piperidine rings is 1. The zero-order valence-corrected chi connectivity index (χ0v) is 12.2. The van der Waals surface area contributed by atoms with Gasteiger partial charge < -0.3 is 10.1 Å². The summed E-state index contributed by atoms with van der Waals surface area (Å²) in [6, 6.07) is 1.42. The normalized spacial score (nSPS) is 30.8. The molecule has 0 radical (unpaired) electrons. The highest BCUT2D eigenvalue weighted by Gasteiger charge is 2.23. The molecule has 106 valence electrons. The van der Waals surface area contributed by atoms with Gasteiger partial charge >= 0.3 is 0 Å². The lowest BCUT2D eigenvalue weighted by Crippen LogP contribution is -2.44. The Bertz CT molecular complexity index is 223. The van der Waals surface area contributed by atoms with Crippen LogP contribution in [0.15, 0.2) is 0 Å². The summed E-state index contributed by atoms with van der Waals surface area (Å²) in [7, 11) is 0. The number of likely N-dealkylation sites (N-methyl/N-ethyl adjacent to an activating group) is 1. The number of nitrogens with zero attached hydrogens (tertiary/aromatic N) is 1. The summed E-state index contributed by atoms with van der Waals surface area (Å²) in [5, 5.41) is 3.66. The second-order valence-electron chi connectivity index (χ2n) is 5.95. The SMILES string of the molecule is CCN(CC1CCCO1)C(C)CC1CCCCN1. The van der Waals surface area contributed by atoms with Crippen molar-refractivity contribution in [2.75, 3.05) is 26.2 Å². The summed E-state index contributed by atoms with van der Waals surface area (Å²) < 4.78 is 5.77. The standard InChI is InChI=1S/C15H30N2O/c1-3-17(12-15-8-6-10-18-15)13(2)11-14-7-4-5-9-16-14/h13-16H,3-12H2,1-2H3. The van der Waals surface area contributed by atoms with E-state index >= 15 is 0 Å². The first-order valence-electron chi connectivity index (χ1n) is 7.88. The quantitative estimate of drug-likeness (QED) is 0.788. The third-order valence-corrected chi connectivity index (χ3v) is 4.53. The minimum absolute atomic E-state index is 0.492. The molecule has 0 aromatic heterocycles. The van der Waals surface area contributed by atoms with Gasteiger partial charge in [0.1, 0.15) is 0 Å². The van der Waals surface area contributed by atoms with Crippen LogP contribution in [0.2, 0.25) is 0 Å². The smallest absolute Gasteiger partial charge is 0.0702 e. The molecule has 0 spiro atoms. The molecular weight excluding hydrogens is 224 g/mol. The average molecular weight is 254 g/mol. The summed E-state index contributed by atoms with van der Waals surface area (Å²) in [6.45, 7) is 9.13. The lowest BCUT2D eigenvalue weighted by molar-refractivity contribution is 0.0579. The molecule has 0 aromatic carbocycles. The summed E-state index contributed by atoms with van der Waals surface area (Å²) in [6.07, 6.45) is 8.42. The van der Waals surface area contributed by atoms with Crippen molar-refractivity contribution in [3.8, 4) is 0 Å². The van der Waals surface area contributed by atoms with E-state index in [0.717, 1.165) is 25.7 Å². The van der Waals surface area contributed by atoms with Crippen LogP contribution >= 0.6 is 0 Å². The number of hydrogen-bond donors (Lipinski definition) is 1. The Kier molecular flexibility index (Phi) is 5.93. The van der Waals surface area contributed by atoms with Gasteiger partial charge in [0.05, 0.1) is 6.10 Å². The maximum atomic E-state index is 5.77. The van der Waals surface area contributed by atoms with Crippen molar-refractivity contribution in [3.05, 3.63) is 0 Å². The van der Waals surface area contributed by atoms with E-state index in [-0.39, 0.29) is 0 Å². The molecule has 3 heteroatoms. The minimum atomic E-state index is 0.492. The number of nitrogens with one attached hydrogen (secondary N) is 1. The van der Waals surface area contributed by atoms with Crippen molar-refractivity contribution >= 4 is 0 Å². The Labute approximate surface area is 112 Å². The Hall–Kier alpha value is -0.120. The summed E-state index contributed by atoms with van der Waals surface area (Å²) in [5.74, 6) is 0. The molecule has 0 bridgehead atoms. The first kappa shape index (κ1) is 14.3. The lowest BCUT2D eigenvalue weighted by Gasteiger charge is -2.34. The third kappa shape index (κ3) is 4.22. The summed E-state index contributed by atoms with van der Waals surface area (Å²) in [4.78, 5) is 2.60. The molecule has 18 heavy (non-hydrogen) atoms. The molecule has 2 saturated heterocycles. The van der Waals surface area contributed by atoms with Crippen molar-refractivity contribution in [2.24, 2.45) is 0 Å². The van der Waals surface area contributed by atoms with Crippen LogP contribution in [-0.2, 0) is 4.74 Å². The van der Waals surface area contributed by atoms with Crippen molar-refractivity contribution in [3.63, 3.8) is 0 Å². The topological polar surface area (TPSA) is 24.5 Å². The fourth-order valence-corrected chi connectivity index (χ4v) is 3.36. The molecule has 2 aliphatic heterocycles. The molecule has 0 saturated carbocycles. The minimum Gasteiger partial charge on any atom is -0.377 e. The van der Waals surface area contributed by atoms with Gasteiger partial charge in [0.25, 0.3) is 0 Å². The maximum Gasteiger partial charge on any atom is 0.0702 e. The van der Waals surface area contributed by atoms with E-state index < -0.39 is 0 Å². The molecule has 2 heterocycles. The van der Waals surface area contributed by atoms with E-state index in [0.29, 0.717) is 12.1 Å². The summed E-state index contributed by atoms with van der Waals surface area (Å²) in [5.41, 5.74) is 0. The monoisotopic (exact) mass is 254 g/mol. The predicted octanol–water partition coefficient (Wildman–Crippen LogP) is 2.41. The van der Waals surface area contributed by atoms with Crippen LogP contribution in [0.5, 0.6) is 0 Å². The predicted molar refractivity (Wildman–Crippen MR) is 75.9 cm³/mol. The fraction of sp³-hybridized carbons (Fsp3) is 1.00. The first-order chi connectivity index (χ1) is 8.79. The van der Waals surface area contributed by atoms with Crippen molar-refractivity contribution < 1.29 is 4.74 Å². The maximum absolute atomic E-state index is 5.77. The van der Waals surface area contributed by atoms with E-state index in [4.69, 9.17) is 4.74 Å². The number of rotatable bonds is 6. The van der Waals surface area contributed by atoms with Crippen LogP contribution in [0, 0.1) is 0 Å². The van der Waals surface area contributed by atoms with Crippen molar-refractivity contribution in [2.45, 2.75) is 70.6 Å². The fourth-order valence-electron chi connectivity index (χ4n) is 3.36. The molecule has 2 rings (SSSR count). The van der Waals surface area contributed by atoms with E-state index in [1.807, 2.05) is 0 Å². The molecule has 2 fully saturated rings. The Morgan fingerprint density at radius 1 is 1.28 bits per heavy atom. The van der Waals surface area contributed by atoms with Crippen LogP contribution in [0.4, 0.5) is 0 Å². The van der Waals surface area contributed by atoms with Gasteiger partial charge in [0, 0.05) is 25.2 Å². The number of hydrogen-bond acceptors (Lipinski definition) is 3. The number of ether oxygens (including phenoxy) is 1. The highest BCUT2D eigenvalue weighted by atomic mass is 16.5.